The van der Waals surface area contributed by atoms with Crippen LogP contribution in [0.1, 0.15) is 10.4 Å². The van der Waals surface area contributed by atoms with Gasteiger partial charge in [-0.3, -0.25) is 15.0 Å². The van der Waals surface area contributed by atoms with E-state index in [0.717, 1.165) is 11.8 Å². The van der Waals surface area contributed by atoms with E-state index in [0.29, 0.717) is 11.3 Å². The Morgan fingerprint density at radius 3 is 2.56 bits per heavy atom. The monoisotopic (exact) mass is 262 g/mol. The molecule has 1 aromatic carbocycles. The van der Waals surface area contributed by atoms with Crippen molar-refractivity contribution in [1.29, 1.82) is 5.41 Å². The Morgan fingerprint density at radius 2 is 2.06 bits per heavy atom. The minimum absolute atomic E-state index is 0.0359. The van der Waals surface area contributed by atoms with Gasteiger partial charge in [0.25, 0.3) is 5.91 Å². The van der Waals surface area contributed by atoms with Crippen LogP contribution in [0, 0.1) is 5.41 Å². The lowest BCUT2D eigenvalue weighted by Crippen LogP contribution is -2.18. The molecule has 1 saturated heterocycles. The van der Waals surface area contributed by atoms with Crippen molar-refractivity contribution < 1.29 is 14.3 Å². The van der Waals surface area contributed by atoms with E-state index < -0.39 is 5.91 Å². The number of allylic oxidation sites excluding steroid dienone is 1. The van der Waals surface area contributed by atoms with Gasteiger partial charge in [-0.05, 0) is 36.0 Å². The van der Waals surface area contributed by atoms with Gasteiger partial charge in [0.15, 0.2) is 11.0 Å². The van der Waals surface area contributed by atoms with Gasteiger partial charge in [0, 0.05) is 11.6 Å². The summed E-state index contributed by atoms with van der Waals surface area (Å²) in [5, 5.41) is 9.62. The molecule has 2 rings (SSSR count). The lowest BCUT2D eigenvalue weighted by Gasteiger charge is -2.00. The van der Waals surface area contributed by atoms with E-state index in [2.05, 4.69) is 5.32 Å². The number of amides is 1. The molecule has 0 aliphatic carbocycles. The number of thioether (sulfide) groups is 1. The van der Waals surface area contributed by atoms with Crippen molar-refractivity contribution in [2.24, 2.45) is 0 Å². The average Bonchev–Trinajstić information content (AvgIpc) is 2.68. The molecule has 1 fully saturated rings. The second-order valence-corrected chi connectivity index (χ2v) is 4.54. The summed E-state index contributed by atoms with van der Waals surface area (Å²) in [7, 11) is 1.55. The third-order valence-electron chi connectivity index (χ3n) is 2.30. The number of ketones is 1. The Morgan fingerprint density at radius 1 is 1.39 bits per heavy atom. The van der Waals surface area contributed by atoms with Crippen LogP contribution in [0.15, 0.2) is 35.2 Å². The topological polar surface area (TPSA) is 79.2 Å². The number of hydrogen-bond donors (Lipinski definition) is 2. The molecule has 0 saturated carbocycles. The molecule has 0 aromatic heterocycles. The van der Waals surface area contributed by atoms with Gasteiger partial charge in [-0.15, -0.1) is 0 Å². The van der Waals surface area contributed by atoms with Gasteiger partial charge < -0.3 is 10.1 Å². The van der Waals surface area contributed by atoms with Crippen molar-refractivity contribution in [3.05, 3.63) is 40.8 Å². The summed E-state index contributed by atoms with van der Waals surface area (Å²) in [5.74, 6) is -0.0224. The molecule has 0 atom stereocenters. The highest BCUT2D eigenvalue weighted by Gasteiger charge is 2.23. The van der Waals surface area contributed by atoms with Gasteiger partial charge in [-0.25, -0.2) is 0 Å². The number of carbonyl (C=O) groups is 2. The molecule has 0 unspecified atom stereocenters. The molecule has 18 heavy (non-hydrogen) atoms. The smallest absolute Gasteiger partial charge is 0.264 e. The lowest BCUT2D eigenvalue weighted by molar-refractivity contribution is -0.115. The van der Waals surface area contributed by atoms with Crippen LogP contribution in [0.2, 0.25) is 0 Å². The van der Waals surface area contributed by atoms with Gasteiger partial charge in [-0.2, -0.15) is 0 Å². The van der Waals surface area contributed by atoms with Crippen LogP contribution in [0.4, 0.5) is 0 Å². The predicted octanol–water partition coefficient (Wildman–Crippen LogP) is 1.56. The number of hydrogen-bond acceptors (Lipinski definition) is 5. The normalized spacial score (nSPS) is 16.8. The first-order valence-electron chi connectivity index (χ1n) is 5.08. The van der Waals surface area contributed by atoms with Crippen molar-refractivity contribution in [2.75, 3.05) is 7.11 Å². The number of methoxy groups -OCH3 is 1. The number of benzene rings is 1. The summed E-state index contributed by atoms with van der Waals surface area (Å²) in [6.07, 6.45) is 1.24. The first-order valence-corrected chi connectivity index (χ1v) is 5.89. The van der Waals surface area contributed by atoms with Crippen LogP contribution in [0.25, 0.3) is 0 Å². The zero-order valence-corrected chi connectivity index (χ0v) is 10.3. The molecule has 2 N–H and O–H groups in total. The van der Waals surface area contributed by atoms with Gasteiger partial charge in [-0.1, -0.05) is 0 Å². The summed E-state index contributed by atoms with van der Waals surface area (Å²) >= 11 is 0.943. The fraction of sp³-hybridized carbons (Fsp3) is 0.0833. The maximum Gasteiger partial charge on any atom is 0.264 e. The van der Waals surface area contributed by atoms with Crippen molar-refractivity contribution in [3.63, 3.8) is 0 Å². The SMILES string of the molecule is COc1ccc(C(=O)/C=C2\SC(=N)NC2=O)cc1. The molecule has 1 aliphatic rings. The fourth-order valence-electron chi connectivity index (χ4n) is 1.40. The third-order valence-corrected chi connectivity index (χ3v) is 3.13. The minimum atomic E-state index is -0.410. The van der Waals surface area contributed by atoms with Crippen LogP contribution >= 0.6 is 11.8 Å². The Bertz CT molecular complexity index is 549. The first kappa shape index (κ1) is 12.4. The van der Waals surface area contributed by atoms with Crippen LogP contribution in [-0.2, 0) is 4.79 Å². The van der Waals surface area contributed by atoms with Crippen molar-refractivity contribution in [1.82, 2.24) is 5.32 Å². The largest absolute Gasteiger partial charge is 0.497 e. The third kappa shape index (κ3) is 2.60. The molecule has 5 nitrogen and oxygen atoms in total. The maximum atomic E-state index is 11.9. The molecular formula is C12H10N2O3S. The van der Waals surface area contributed by atoms with Gasteiger partial charge in [0.05, 0.1) is 12.0 Å². The Hall–Kier alpha value is -2.08. The van der Waals surface area contributed by atoms with Crippen LogP contribution in [-0.4, -0.2) is 24.0 Å². The molecule has 1 aromatic rings. The van der Waals surface area contributed by atoms with E-state index >= 15 is 0 Å². The highest BCUT2D eigenvalue weighted by Crippen LogP contribution is 2.23. The fourth-order valence-corrected chi connectivity index (χ4v) is 2.07. The highest BCUT2D eigenvalue weighted by atomic mass is 32.2. The molecule has 6 heteroatoms. The summed E-state index contributed by atoms with van der Waals surface area (Å²) in [6, 6.07) is 6.60. The summed E-state index contributed by atoms with van der Waals surface area (Å²) in [5.41, 5.74) is 0.468. The first-order chi connectivity index (χ1) is 8.60. The zero-order chi connectivity index (χ0) is 13.1. The van der Waals surface area contributed by atoms with E-state index in [-0.39, 0.29) is 15.9 Å². The molecule has 1 aliphatic heterocycles. The second-order valence-electron chi connectivity index (χ2n) is 3.49. The Labute approximate surface area is 108 Å². The van der Waals surface area contributed by atoms with Crippen molar-refractivity contribution >= 4 is 28.6 Å². The molecule has 92 valence electrons. The molecule has 1 amide bonds. The molecule has 0 spiro atoms. The second kappa shape index (κ2) is 5.05. The van der Waals surface area contributed by atoms with Gasteiger partial charge >= 0.3 is 0 Å². The van der Waals surface area contributed by atoms with Crippen molar-refractivity contribution in [2.45, 2.75) is 0 Å². The van der Waals surface area contributed by atoms with Gasteiger partial charge in [0.1, 0.15) is 5.75 Å². The Balaban J connectivity index is 2.19. The number of carbonyl (C=O) groups excluding carboxylic acids is 2. The van der Waals surface area contributed by atoms with E-state index in [1.807, 2.05) is 0 Å². The standard InChI is InChI=1S/C12H10N2O3S/c1-17-8-4-2-7(3-5-8)9(15)6-10-11(16)14-12(13)18-10/h2-6H,1H3,(H2,13,14,16)/b10-6-. The summed E-state index contributed by atoms with van der Waals surface area (Å²) < 4.78 is 4.99. The maximum absolute atomic E-state index is 11.9. The van der Waals surface area contributed by atoms with Crippen LogP contribution in [0.3, 0.4) is 0 Å². The quantitative estimate of drug-likeness (QED) is 0.640. The minimum Gasteiger partial charge on any atom is -0.497 e. The number of rotatable bonds is 3. The van der Waals surface area contributed by atoms with Gasteiger partial charge in [0.2, 0.25) is 0 Å². The van der Waals surface area contributed by atoms with E-state index in [9.17, 15) is 9.59 Å². The van der Waals surface area contributed by atoms with E-state index in [4.69, 9.17) is 10.1 Å². The number of amidine groups is 1. The van der Waals surface area contributed by atoms with E-state index in [1.54, 1.807) is 31.4 Å². The summed E-state index contributed by atoms with van der Waals surface area (Å²) in [4.78, 5) is 23.4. The highest BCUT2D eigenvalue weighted by molar-refractivity contribution is 8.18. The lowest BCUT2D eigenvalue weighted by atomic mass is 10.1. The average molecular weight is 262 g/mol. The van der Waals surface area contributed by atoms with Crippen LogP contribution in [0.5, 0.6) is 5.75 Å². The zero-order valence-electron chi connectivity index (χ0n) is 9.52. The molecule has 1 heterocycles. The van der Waals surface area contributed by atoms with E-state index in [1.165, 1.54) is 6.08 Å². The number of ether oxygens (including phenoxy) is 1. The summed E-state index contributed by atoms with van der Waals surface area (Å²) in [6.45, 7) is 0. The predicted molar refractivity (Wildman–Crippen MR) is 68.9 cm³/mol. The number of nitrogens with one attached hydrogen (secondary N) is 2. The molecule has 0 radical (unpaired) electrons. The molecule has 0 bridgehead atoms. The van der Waals surface area contributed by atoms with Crippen molar-refractivity contribution in [3.8, 4) is 5.75 Å². The Kier molecular flexibility index (Phi) is 3.47. The van der Waals surface area contributed by atoms with Crippen LogP contribution < -0.4 is 10.1 Å². The molecular weight excluding hydrogens is 252 g/mol.